The molecule has 4 N–H and O–H groups in total. The van der Waals surface area contributed by atoms with Gasteiger partial charge in [0.15, 0.2) is 5.69 Å². The second kappa shape index (κ2) is 22.4. The Bertz CT molecular complexity index is 2460. The summed E-state index contributed by atoms with van der Waals surface area (Å²) in [6.07, 6.45) is 26.7. The molecule has 4 saturated carbocycles. The van der Waals surface area contributed by atoms with Gasteiger partial charge in [-0.1, -0.05) is 124 Å². The number of likely N-dealkylation sites (N-methyl/N-ethyl adjacent to an activating group) is 1. The molecule has 0 amide bonds. The van der Waals surface area contributed by atoms with E-state index in [2.05, 4.69) is 70.0 Å². The highest BCUT2D eigenvalue weighted by Crippen LogP contribution is 2.72. The Morgan fingerprint density at radius 2 is 1.57 bits per heavy atom. The van der Waals surface area contributed by atoms with E-state index in [1.165, 1.54) is 99.2 Å². The number of aromatic carboxylic acids is 1. The molecule has 69 heavy (non-hydrogen) atoms. The van der Waals surface area contributed by atoms with Gasteiger partial charge in [0.2, 0.25) is 5.13 Å². The number of nitrogens with zero attached hydrogens (tertiary/aromatic N) is 7. The molecule has 1 aliphatic heterocycles. The van der Waals surface area contributed by atoms with Gasteiger partial charge in [-0.05, 0) is 142 Å². The van der Waals surface area contributed by atoms with Gasteiger partial charge >= 0.3 is 5.97 Å². The van der Waals surface area contributed by atoms with E-state index in [1.807, 2.05) is 49.5 Å². The lowest BCUT2D eigenvalue weighted by Gasteiger charge is -2.69. The topological polar surface area (TPSA) is 159 Å². The second-order valence-electron chi connectivity index (χ2n) is 22.3. The number of aromatic nitrogens is 4. The number of carboxylic acid groups (broad SMARTS) is 1. The molecule has 4 aliphatic carbocycles. The molecule has 0 spiro atoms. The number of hydrogen-bond donors (Lipinski definition) is 3. The fraction of sp³-hybridized carbons (Fsp3) is 0.636. The van der Waals surface area contributed by atoms with E-state index >= 15 is 0 Å². The summed E-state index contributed by atoms with van der Waals surface area (Å²) in [5.74, 6) is -0.129. The molecular formula is C55H78IN9O3S. The maximum absolute atomic E-state index is 13.0. The number of ether oxygens (including phenoxy) is 1. The van der Waals surface area contributed by atoms with Gasteiger partial charge < -0.3 is 25.4 Å². The van der Waals surface area contributed by atoms with Crippen molar-refractivity contribution in [2.24, 2.45) is 27.0 Å². The van der Waals surface area contributed by atoms with Gasteiger partial charge in [-0.25, -0.2) is 19.8 Å². The second-order valence-corrected chi connectivity index (χ2v) is 24.4. The molecule has 14 heteroatoms. The third-order valence-corrected chi connectivity index (χ3v) is 17.6. The van der Waals surface area contributed by atoms with Gasteiger partial charge in [0.25, 0.3) is 0 Å². The molecule has 4 bridgehead atoms. The zero-order chi connectivity index (χ0) is 48.8. The molecule has 374 valence electrons. The lowest BCUT2D eigenvalue weighted by molar-refractivity contribution is -0.248. The fourth-order valence-electron chi connectivity index (χ4n) is 13.7. The predicted molar refractivity (Wildman–Crippen MR) is 292 cm³/mol. The number of alkyl halides is 1. The van der Waals surface area contributed by atoms with Gasteiger partial charge in [-0.3, -0.25) is 10.1 Å². The number of piperidine rings is 1. The van der Waals surface area contributed by atoms with E-state index in [9.17, 15) is 15.3 Å². The summed E-state index contributed by atoms with van der Waals surface area (Å²) < 4.78 is 11.6. The molecular weight excluding hydrogens is 994 g/mol. The van der Waals surface area contributed by atoms with E-state index in [1.54, 1.807) is 4.90 Å². The number of pyridine rings is 1. The zero-order valence-corrected chi connectivity index (χ0v) is 45.2. The fourth-order valence-corrected chi connectivity index (χ4v) is 15.1. The molecule has 12 nitrogen and oxygen atoms in total. The molecule has 2 atom stereocenters. The number of fused-ring (bicyclic) bond motifs is 1. The number of carboxylic acids is 1. The number of anilines is 1. The number of nitrogens with two attached hydrogens (primary N) is 1. The van der Waals surface area contributed by atoms with Gasteiger partial charge in [0.05, 0.1) is 28.6 Å². The van der Waals surface area contributed by atoms with Gasteiger partial charge in [-0.15, -0.1) is 0 Å². The molecule has 5 aliphatic rings. The predicted octanol–water partition coefficient (Wildman–Crippen LogP) is 13.3. The van der Waals surface area contributed by atoms with Crippen LogP contribution in [0.4, 0.5) is 10.9 Å². The van der Waals surface area contributed by atoms with Gasteiger partial charge in [0.1, 0.15) is 17.5 Å². The van der Waals surface area contributed by atoms with Crippen molar-refractivity contribution in [1.82, 2.24) is 24.6 Å². The molecule has 0 radical (unpaired) electrons. The van der Waals surface area contributed by atoms with Gasteiger partial charge in [0, 0.05) is 42.0 Å². The summed E-state index contributed by atoms with van der Waals surface area (Å²) in [6, 6.07) is 11.6. The number of rotatable bonds is 25. The number of benzene rings is 1. The number of amidine groups is 2. The molecule has 2 unspecified atom stereocenters. The van der Waals surface area contributed by atoms with E-state index in [4.69, 9.17) is 20.6 Å². The SMILES string of the molecule is CC(/C(N)=N/c1nc2ccccc2s1)=C1\CCCN(c2ccc(-c3cnn(CC45CC6(C)CC(C)(C4)CC(OCCN(C)CCCCCCCCCCCCCCI)(C6)C5)c3C)c(C(=O)O)n2)C1=N. The Kier molecular flexibility index (Phi) is 16.7. The van der Waals surface area contributed by atoms with E-state index in [-0.39, 0.29) is 33.4 Å². The highest BCUT2D eigenvalue weighted by molar-refractivity contribution is 14.1. The molecule has 4 aromatic rings. The van der Waals surface area contributed by atoms with Crippen LogP contribution in [0.1, 0.15) is 165 Å². The number of hydrogen-bond acceptors (Lipinski definition) is 9. The number of para-hydroxylation sites is 1. The van der Waals surface area contributed by atoms with E-state index < -0.39 is 5.97 Å². The average Bonchev–Trinajstić information content (AvgIpc) is 3.87. The average molecular weight is 1070 g/mol. The van der Waals surface area contributed by atoms with Crippen LogP contribution in [0.2, 0.25) is 0 Å². The summed E-state index contributed by atoms with van der Waals surface area (Å²) in [5, 5.41) is 25.4. The molecule has 9 rings (SSSR count). The van der Waals surface area contributed by atoms with Crippen LogP contribution >= 0.6 is 33.9 Å². The summed E-state index contributed by atoms with van der Waals surface area (Å²) >= 11 is 3.96. The number of thiazole rings is 1. The number of unbranched alkanes of at least 4 members (excludes halogenated alkanes) is 11. The largest absolute Gasteiger partial charge is 0.476 e. The molecule has 4 heterocycles. The standard InChI is InChI=1S/C55H78IN9O3S/c1-39(48(57)62-51-60-44-22-16-17-23-45(44)69-51)41-21-20-28-64(49(41)58)46-25-24-42(47(61-46)50(66)67)43-31-59-65(40(43)2)38-54-33-52(3)32-53(4,34-54)36-55(35-52,37-54)68-30-29-63(5)27-19-15-13-11-9-7-6-8-10-12-14-18-26-56/h16-17,22-25,31,58H,6-15,18-21,26-30,32-38H2,1-5H3,(H,66,67)(H2,57,60,62)/b41-39-,58-49?. The van der Waals surface area contributed by atoms with Crippen molar-refractivity contribution in [1.29, 1.82) is 5.41 Å². The monoisotopic (exact) mass is 1070 g/mol. The summed E-state index contributed by atoms with van der Waals surface area (Å²) in [4.78, 5) is 31.2. The first-order chi connectivity index (χ1) is 33.1. The lowest BCUT2D eigenvalue weighted by Crippen LogP contribution is -2.64. The number of nitrogens with one attached hydrogen (secondary N) is 1. The van der Waals surface area contributed by atoms with E-state index in [0.29, 0.717) is 40.9 Å². The Hall–Kier alpha value is -3.73. The number of carbonyl (C=O) groups is 1. The van der Waals surface area contributed by atoms with Crippen LogP contribution in [0.3, 0.4) is 0 Å². The van der Waals surface area contributed by atoms with Crippen LogP contribution in [0.5, 0.6) is 0 Å². The summed E-state index contributed by atoms with van der Waals surface area (Å²) in [7, 11) is 2.26. The maximum Gasteiger partial charge on any atom is 0.355 e. The molecule has 5 fully saturated rings. The van der Waals surface area contributed by atoms with Crippen molar-refractivity contribution in [3.8, 4) is 11.1 Å². The van der Waals surface area contributed by atoms with Gasteiger partial charge in [-0.2, -0.15) is 5.10 Å². The highest BCUT2D eigenvalue weighted by Gasteiger charge is 2.66. The lowest BCUT2D eigenvalue weighted by atomic mass is 9.39. The molecule has 3 aromatic heterocycles. The van der Waals surface area contributed by atoms with Crippen molar-refractivity contribution in [3.05, 3.63) is 65.1 Å². The zero-order valence-electron chi connectivity index (χ0n) is 42.2. The maximum atomic E-state index is 13.0. The van der Waals surface area contributed by atoms with Crippen molar-refractivity contribution in [2.75, 3.05) is 42.6 Å². The smallest absolute Gasteiger partial charge is 0.355 e. The number of halogens is 1. The Morgan fingerprint density at radius 3 is 2.23 bits per heavy atom. The first-order valence-electron chi connectivity index (χ1n) is 26.0. The molecule has 1 saturated heterocycles. The minimum Gasteiger partial charge on any atom is -0.476 e. The molecule has 1 aromatic carbocycles. The van der Waals surface area contributed by atoms with Crippen LogP contribution in [0, 0.1) is 28.6 Å². The minimum atomic E-state index is -1.11. The quantitative estimate of drug-likeness (QED) is 0.0193. The van der Waals surface area contributed by atoms with E-state index in [0.717, 1.165) is 91.8 Å². The van der Waals surface area contributed by atoms with Crippen molar-refractivity contribution in [2.45, 2.75) is 168 Å². The third kappa shape index (κ3) is 12.3. The van der Waals surface area contributed by atoms with Crippen molar-refractivity contribution in [3.63, 3.8) is 0 Å². The summed E-state index contributed by atoms with van der Waals surface area (Å²) in [5.41, 5.74) is 11.4. The highest BCUT2D eigenvalue weighted by atomic mass is 127. The first-order valence-corrected chi connectivity index (χ1v) is 28.4. The van der Waals surface area contributed by atoms with Crippen LogP contribution in [-0.4, -0.2) is 90.7 Å². The van der Waals surface area contributed by atoms with Crippen LogP contribution in [0.15, 0.2) is 58.7 Å². The Balaban J connectivity index is 0.880. The minimum absolute atomic E-state index is 0.0464. The third-order valence-electron chi connectivity index (χ3n) is 15.9. The first kappa shape index (κ1) is 51.6. The van der Waals surface area contributed by atoms with Crippen LogP contribution < -0.4 is 10.6 Å². The normalized spacial score (nSPS) is 25.4. The number of aliphatic imine (C=N–C) groups is 1. The Morgan fingerprint density at radius 1 is 0.899 bits per heavy atom. The van der Waals surface area contributed by atoms with Crippen molar-refractivity contribution < 1.29 is 14.6 Å². The van der Waals surface area contributed by atoms with Crippen LogP contribution in [0.25, 0.3) is 21.3 Å². The Labute approximate surface area is 429 Å². The van der Waals surface area contributed by atoms with Crippen molar-refractivity contribution >= 4 is 72.7 Å². The summed E-state index contributed by atoms with van der Waals surface area (Å²) in [6.45, 7) is 13.1. The van der Waals surface area contributed by atoms with Crippen LogP contribution in [-0.2, 0) is 11.3 Å².